The van der Waals surface area contributed by atoms with Crippen molar-refractivity contribution in [1.29, 1.82) is 0 Å². The Hall–Kier alpha value is -2.15. The third-order valence-electron chi connectivity index (χ3n) is 3.11. The van der Waals surface area contributed by atoms with E-state index >= 15 is 0 Å². The van der Waals surface area contributed by atoms with Gasteiger partial charge in [-0.3, -0.25) is 10.1 Å². The van der Waals surface area contributed by atoms with Gasteiger partial charge < -0.3 is 15.3 Å². The number of hydrogen-bond donors (Lipinski definition) is 2. The van der Waals surface area contributed by atoms with Gasteiger partial charge in [0.2, 0.25) is 0 Å². The molecule has 0 unspecified atom stereocenters. The Balaban J connectivity index is 2.84. The molecule has 2 N–H and O–H groups in total. The largest absolute Gasteiger partial charge is 0.395 e. The van der Waals surface area contributed by atoms with Gasteiger partial charge >= 0.3 is 6.03 Å². The van der Waals surface area contributed by atoms with Gasteiger partial charge in [0.15, 0.2) is 0 Å². The number of unbranched alkanes of at least 4 members (excludes halogenated alkanes) is 1. The van der Waals surface area contributed by atoms with Crippen molar-refractivity contribution >= 4 is 17.4 Å². The molecule has 1 aromatic rings. The molecule has 0 aliphatic rings. The maximum atomic E-state index is 12.2. The van der Waals surface area contributed by atoms with Crippen LogP contribution in [-0.2, 0) is 0 Å². The van der Waals surface area contributed by atoms with Crippen LogP contribution >= 0.6 is 0 Å². The number of hydrogen-bond acceptors (Lipinski definition) is 4. The molecule has 116 valence electrons. The number of benzene rings is 1. The molecule has 0 atom stereocenters. The van der Waals surface area contributed by atoms with Gasteiger partial charge in [-0.15, -0.1) is 0 Å². The first-order valence-electron chi connectivity index (χ1n) is 6.91. The van der Waals surface area contributed by atoms with Gasteiger partial charge in [-0.25, -0.2) is 4.79 Å². The van der Waals surface area contributed by atoms with Gasteiger partial charge in [0.1, 0.15) is 0 Å². The molecule has 0 saturated heterocycles. The van der Waals surface area contributed by atoms with Crippen molar-refractivity contribution in [3.05, 3.63) is 33.9 Å². The molecule has 0 heterocycles. The highest BCUT2D eigenvalue weighted by molar-refractivity contribution is 5.90. The first kappa shape index (κ1) is 16.9. The van der Waals surface area contributed by atoms with Crippen LogP contribution in [0.1, 0.15) is 25.3 Å². The number of non-ortho nitro benzene ring substituents is 1. The molecule has 7 nitrogen and oxygen atoms in total. The minimum Gasteiger partial charge on any atom is -0.395 e. The summed E-state index contributed by atoms with van der Waals surface area (Å²) in [6.45, 7) is 4.43. The second kappa shape index (κ2) is 8.21. The van der Waals surface area contributed by atoms with Gasteiger partial charge in [0.05, 0.1) is 17.2 Å². The lowest BCUT2D eigenvalue weighted by molar-refractivity contribution is -0.384. The molecule has 21 heavy (non-hydrogen) atoms. The lowest BCUT2D eigenvalue weighted by atomic mass is 10.2. The summed E-state index contributed by atoms with van der Waals surface area (Å²) in [6, 6.07) is 3.97. The molecular formula is C14H21N3O4. The molecule has 0 saturated carbocycles. The van der Waals surface area contributed by atoms with Crippen molar-refractivity contribution in [3.63, 3.8) is 0 Å². The minimum atomic E-state index is -0.502. The fourth-order valence-corrected chi connectivity index (χ4v) is 1.84. The second-order valence-corrected chi connectivity index (χ2v) is 4.75. The van der Waals surface area contributed by atoms with E-state index in [-0.39, 0.29) is 24.9 Å². The highest BCUT2D eigenvalue weighted by Gasteiger charge is 2.15. The van der Waals surface area contributed by atoms with E-state index in [1.165, 1.54) is 17.0 Å². The molecule has 0 fully saturated rings. The fourth-order valence-electron chi connectivity index (χ4n) is 1.84. The summed E-state index contributed by atoms with van der Waals surface area (Å²) < 4.78 is 0. The SMILES string of the molecule is CCCCN(CCO)C(=O)Nc1cc([N+](=O)[O-])ccc1C. The van der Waals surface area contributed by atoms with E-state index < -0.39 is 4.92 Å². The van der Waals surface area contributed by atoms with Crippen LogP contribution in [0.15, 0.2) is 18.2 Å². The Morgan fingerprint density at radius 2 is 2.14 bits per heavy atom. The lowest BCUT2D eigenvalue weighted by Gasteiger charge is -2.22. The number of nitrogens with zero attached hydrogens (tertiary/aromatic N) is 2. The van der Waals surface area contributed by atoms with E-state index in [2.05, 4.69) is 5.32 Å². The fraction of sp³-hybridized carbons (Fsp3) is 0.500. The Labute approximate surface area is 123 Å². The van der Waals surface area contributed by atoms with E-state index in [9.17, 15) is 14.9 Å². The van der Waals surface area contributed by atoms with Crippen molar-refractivity contribution < 1.29 is 14.8 Å². The van der Waals surface area contributed by atoms with Gasteiger partial charge in [0, 0.05) is 25.2 Å². The number of nitro benzene ring substituents is 1. The summed E-state index contributed by atoms with van der Waals surface area (Å²) >= 11 is 0. The maximum Gasteiger partial charge on any atom is 0.321 e. The van der Waals surface area contributed by atoms with Gasteiger partial charge in [-0.2, -0.15) is 0 Å². The van der Waals surface area contributed by atoms with Gasteiger partial charge in [-0.1, -0.05) is 19.4 Å². The average molecular weight is 295 g/mol. The Bertz CT molecular complexity index is 505. The molecule has 2 amide bonds. The Kier molecular flexibility index (Phi) is 6.61. The summed E-state index contributed by atoms with van der Waals surface area (Å²) in [7, 11) is 0. The number of aryl methyl sites for hydroxylation is 1. The third kappa shape index (κ3) is 5.03. The first-order valence-corrected chi connectivity index (χ1v) is 6.91. The number of carbonyl (C=O) groups is 1. The van der Waals surface area contributed by atoms with Crippen molar-refractivity contribution in [2.45, 2.75) is 26.7 Å². The Morgan fingerprint density at radius 1 is 1.43 bits per heavy atom. The smallest absolute Gasteiger partial charge is 0.321 e. The molecular weight excluding hydrogens is 274 g/mol. The normalized spacial score (nSPS) is 10.2. The summed E-state index contributed by atoms with van der Waals surface area (Å²) in [4.78, 5) is 24.0. The van der Waals surface area contributed by atoms with Crippen molar-refractivity contribution in [1.82, 2.24) is 4.90 Å². The number of carbonyl (C=O) groups excluding carboxylic acids is 1. The zero-order valence-electron chi connectivity index (χ0n) is 12.3. The molecule has 7 heteroatoms. The quantitative estimate of drug-likeness (QED) is 0.596. The number of urea groups is 1. The minimum absolute atomic E-state index is 0.0711. The predicted molar refractivity (Wildman–Crippen MR) is 80.4 cm³/mol. The highest BCUT2D eigenvalue weighted by atomic mass is 16.6. The molecule has 0 spiro atoms. The van der Waals surface area contributed by atoms with Crippen LogP contribution in [-0.4, -0.2) is 40.7 Å². The van der Waals surface area contributed by atoms with E-state index in [0.717, 1.165) is 18.4 Å². The zero-order chi connectivity index (χ0) is 15.8. The Morgan fingerprint density at radius 3 is 2.71 bits per heavy atom. The van der Waals surface area contributed by atoms with Crippen LogP contribution in [0, 0.1) is 17.0 Å². The van der Waals surface area contributed by atoms with Crippen LogP contribution < -0.4 is 5.32 Å². The predicted octanol–water partition coefficient (Wildman–Crippen LogP) is 2.53. The van der Waals surface area contributed by atoms with Crippen LogP contribution in [0.4, 0.5) is 16.2 Å². The number of aliphatic hydroxyl groups excluding tert-OH is 1. The summed E-state index contributed by atoms with van der Waals surface area (Å²) in [5, 5.41) is 22.5. The number of amides is 2. The molecule has 0 radical (unpaired) electrons. The standard InChI is InChI=1S/C14H21N3O4/c1-3-4-7-16(8-9-18)14(19)15-13-10-12(17(20)21)6-5-11(13)2/h5-6,10,18H,3-4,7-9H2,1-2H3,(H,15,19). The zero-order valence-corrected chi connectivity index (χ0v) is 12.3. The summed E-state index contributed by atoms with van der Waals surface area (Å²) in [5.41, 5.74) is 1.08. The van der Waals surface area contributed by atoms with Crippen LogP contribution in [0.2, 0.25) is 0 Å². The molecule has 1 rings (SSSR count). The molecule has 0 aliphatic heterocycles. The van der Waals surface area contributed by atoms with Gasteiger partial charge in [-0.05, 0) is 18.9 Å². The second-order valence-electron chi connectivity index (χ2n) is 4.75. The van der Waals surface area contributed by atoms with E-state index in [0.29, 0.717) is 12.2 Å². The van der Waals surface area contributed by atoms with Crippen molar-refractivity contribution in [2.24, 2.45) is 0 Å². The number of nitro groups is 1. The number of anilines is 1. The average Bonchev–Trinajstić information content (AvgIpc) is 2.45. The van der Waals surface area contributed by atoms with Gasteiger partial charge in [0.25, 0.3) is 5.69 Å². The topological polar surface area (TPSA) is 95.7 Å². The molecule has 0 aromatic heterocycles. The summed E-state index contributed by atoms with van der Waals surface area (Å²) in [5.74, 6) is 0. The first-order chi connectivity index (χ1) is 9.99. The van der Waals surface area contributed by atoms with Crippen molar-refractivity contribution in [2.75, 3.05) is 25.0 Å². The number of rotatable bonds is 7. The third-order valence-corrected chi connectivity index (χ3v) is 3.11. The van der Waals surface area contributed by atoms with Crippen LogP contribution in [0.5, 0.6) is 0 Å². The van der Waals surface area contributed by atoms with Crippen molar-refractivity contribution in [3.8, 4) is 0 Å². The molecule has 0 aliphatic carbocycles. The van der Waals surface area contributed by atoms with Crippen LogP contribution in [0.25, 0.3) is 0 Å². The van der Waals surface area contributed by atoms with E-state index in [4.69, 9.17) is 5.11 Å². The lowest BCUT2D eigenvalue weighted by Crippen LogP contribution is -2.37. The number of nitrogens with one attached hydrogen (secondary N) is 1. The maximum absolute atomic E-state index is 12.2. The summed E-state index contributed by atoms with van der Waals surface area (Å²) in [6.07, 6.45) is 1.77. The highest BCUT2D eigenvalue weighted by Crippen LogP contribution is 2.22. The monoisotopic (exact) mass is 295 g/mol. The number of aliphatic hydroxyl groups is 1. The van der Waals surface area contributed by atoms with Crippen LogP contribution in [0.3, 0.4) is 0 Å². The molecule has 0 bridgehead atoms. The molecule has 1 aromatic carbocycles. The van der Waals surface area contributed by atoms with E-state index in [1.54, 1.807) is 13.0 Å². The van der Waals surface area contributed by atoms with E-state index in [1.807, 2.05) is 6.92 Å².